The van der Waals surface area contributed by atoms with Crippen molar-refractivity contribution >= 4 is 0 Å². The van der Waals surface area contributed by atoms with Crippen LogP contribution >= 0.6 is 0 Å². The third kappa shape index (κ3) is 4.08. The van der Waals surface area contributed by atoms with Crippen LogP contribution in [0.4, 0.5) is 0 Å². The summed E-state index contributed by atoms with van der Waals surface area (Å²) in [4.78, 5) is 7.43. The van der Waals surface area contributed by atoms with Crippen LogP contribution in [-0.4, -0.2) is 23.1 Å². The molecule has 1 heterocycles. The van der Waals surface area contributed by atoms with Gasteiger partial charge in [0.15, 0.2) is 0 Å². The van der Waals surface area contributed by atoms with Gasteiger partial charge in [0.25, 0.3) is 0 Å². The Morgan fingerprint density at radius 3 is 2.92 bits per heavy atom. The van der Waals surface area contributed by atoms with E-state index >= 15 is 0 Å². The van der Waals surface area contributed by atoms with Crippen LogP contribution in [0.25, 0.3) is 0 Å². The Balaban J connectivity index is 2.06. The number of rotatable bonds is 6. The smallest absolute Gasteiger partial charge is 0.103 e. The Hall–Kier alpha value is -0.830. The van der Waals surface area contributed by atoms with Gasteiger partial charge in [-0.1, -0.05) is 6.92 Å². The Bertz CT molecular complexity index is 230. The minimum absolute atomic E-state index is 1.01. The second-order valence-corrected chi connectivity index (χ2v) is 3.33. The van der Waals surface area contributed by atoms with Gasteiger partial charge in [-0.2, -0.15) is 0 Å². The normalized spacial score (nSPS) is 10.6. The molecule has 1 aromatic heterocycles. The Morgan fingerprint density at radius 2 is 2.31 bits per heavy atom. The molecular formula is C10H19N3. The van der Waals surface area contributed by atoms with Gasteiger partial charge in [0.2, 0.25) is 0 Å². The van der Waals surface area contributed by atoms with E-state index in [9.17, 15) is 0 Å². The van der Waals surface area contributed by atoms with Crippen LogP contribution in [0.3, 0.4) is 0 Å². The van der Waals surface area contributed by atoms with Crippen molar-refractivity contribution in [3.05, 3.63) is 17.7 Å². The summed E-state index contributed by atoms with van der Waals surface area (Å²) in [7, 11) is 0. The number of aryl methyl sites for hydroxylation is 2. The molecule has 0 spiro atoms. The SMILES string of the molecule is CCCNCCCc1c[nH]c(C)n1. The molecule has 1 aromatic rings. The molecule has 74 valence electrons. The topological polar surface area (TPSA) is 40.7 Å². The lowest BCUT2D eigenvalue weighted by molar-refractivity contribution is 0.636. The van der Waals surface area contributed by atoms with Crippen molar-refractivity contribution in [3.8, 4) is 0 Å². The van der Waals surface area contributed by atoms with E-state index in [1.807, 2.05) is 13.1 Å². The van der Waals surface area contributed by atoms with Crippen molar-refractivity contribution in [2.24, 2.45) is 0 Å². The highest BCUT2D eigenvalue weighted by Gasteiger charge is 1.96. The van der Waals surface area contributed by atoms with E-state index in [4.69, 9.17) is 0 Å². The van der Waals surface area contributed by atoms with Crippen LogP contribution in [-0.2, 0) is 6.42 Å². The van der Waals surface area contributed by atoms with Gasteiger partial charge in [-0.05, 0) is 39.3 Å². The number of hydrogen-bond donors (Lipinski definition) is 2. The highest BCUT2D eigenvalue weighted by atomic mass is 14.9. The van der Waals surface area contributed by atoms with Crippen molar-refractivity contribution in [3.63, 3.8) is 0 Å². The summed E-state index contributed by atoms with van der Waals surface area (Å²) in [5, 5.41) is 3.37. The lowest BCUT2D eigenvalue weighted by Crippen LogP contribution is -2.16. The average Bonchev–Trinajstić information content (AvgIpc) is 2.51. The molecule has 2 N–H and O–H groups in total. The lowest BCUT2D eigenvalue weighted by atomic mass is 10.2. The largest absolute Gasteiger partial charge is 0.349 e. The zero-order chi connectivity index (χ0) is 9.52. The Labute approximate surface area is 80.0 Å². The van der Waals surface area contributed by atoms with Gasteiger partial charge in [0, 0.05) is 6.20 Å². The predicted octanol–water partition coefficient (Wildman–Crippen LogP) is 1.65. The minimum Gasteiger partial charge on any atom is -0.349 e. The van der Waals surface area contributed by atoms with E-state index in [0.717, 1.165) is 25.3 Å². The molecule has 0 saturated heterocycles. The average molecular weight is 181 g/mol. The lowest BCUT2D eigenvalue weighted by Gasteiger charge is -2.00. The van der Waals surface area contributed by atoms with Gasteiger partial charge in [0.05, 0.1) is 5.69 Å². The summed E-state index contributed by atoms with van der Waals surface area (Å²) in [6, 6.07) is 0. The number of nitrogens with one attached hydrogen (secondary N) is 2. The quantitative estimate of drug-likeness (QED) is 0.655. The van der Waals surface area contributed by atoms with Crippen LogP contribution in [0.15, 0.2) is 6.20 Å². The van der Waals surface area contributed by atoms with E-state index in [1.54, 1.807) is 0 Å². The zero-order valence-electron chi connectivity index (χ0n) is 8.56. The maximum Gasteiger partial charge on any atom is 0.103 e. The molecule has 3 nitrogen and oxygen atoms in total. The Kier molecular flexibility index (Phi) is 4.54. The molecule has 0 amide bonds. The first-order valence-corrected chi connectivity index (χ1v) is 5.04. The first-order valence-electron chi connectivity index (χ1n) is 5.04. The van der Waals surface area contributed by atoms with Crippen molar-refractivity contribution in [2.75, 3.05) is 13.1 Å². The van der Waals surface area contributed by atoms with Gasteiger partial charge in [-0.15, -0.1) is 0 Å². The molecule has 13 heavy (non-hydrogen) atoms. The molecule has 3 heteroatoms. The summed E-state index contributed by atoms with van der Waals surface area (Å²) in [5.41, 5.74) is 1.18. The molecule has 0 fully saturated rings. The summed E-state index contributed by atoms with van der Waals surface area (Å²) >= 11 is 0. The third-order valence-corrected chi connectivity index (χ3v) is 1.97. The first-order chi connectivity index (χ1) is 6.33. The molecule has 0 aliphatic rings. The molecular weight excluding hydrogens is 162 g/mol. The molecule has 0 aliphatic heterocycles. The molecule has 0 radical (unpaired) electrons. The summed E-state index contributed by atoms with van der Waals surface area (Å²) in [6.45, 7) is 6.39. The van der Waals surface area contributed by atoms with Crippen LogP contribution in [0.5, 0.6) is 0 Å². The standard InChI is InChI=1S/C10H19N3/c1-3-6-11-7-4-5-10-8-12-9(2)13-10/h8,11H,3-7H2,1-2H3,(H,12,13). The number of aromatic amines is 1. The number of hydrogen-bond acceptors (Lipinski definition) is 2. The van der Waals surface area contributed by atoms with Crippen molar-refractivity contribution in [1.82, 2.24) is 15.3 Å². The highest BCUT2D eigenvalue weighted by molar-refractivity contribution is 4.99. The maximum atomic E-state index is 4.35. The fourth-order valence-corrected chi connectivity index (χ4v) is 1.29. The van der Waals surface area contributed by atoms with Crippen LogP contribution in [0.1, 0.15) is 31.3 Å². The van der Waals surface area contributed by atoms with E-state index in [1.165, 1.54) is 18.5 Å². The number of aromatic nitrogens is 2. The van der Waals surface area contributed by atoms with E-state index in [-0.39, 0.29) is 0 Å². The molecule has 0 aliphatic carbocycles. The van der Waals surface area contributed by atoms with Crippen molar-refractivity contribution in [2.45, 2.75) is 33.1 Å². The molecule has 0 unspecified atom stereocenters. The summed E-state index contributed by atoms with van der Waals surface area (Å²) in [6.07, 6.45) is 5.45. The highest BCUT2D eigenvalue weighted by Crippen LogP contribution is 1.98. The molecule has 0 atom stereocenters. The van der Waals surface area contributed by atoms with E-state index in [0.29, 0.717) is 0 Å². The van der Waals surface area contributed by atoms with Crippen molar-refractivity contribution in [1.29, 1.82) is 0 Å². The van der Waals surface area contributed by atoms with E-state index in [2.05, 4.69) is 22.2 Å². The van der Waals surface area contributed by atoms with Crippen LogP contribution < -0.4 is 5.32 Å². The molecule has 0 saturated carbocycles. The zero-order valence-corrected chi connectivity index (χ0v) is 8.56. The second kappa shape index (κ2) is 5.75. The third-order valence-electron chi connectivity index (χ3n) is 1.97. The first kappa shape index (κ1) is 10.3. The predicted molar refractivity (Wildman–Crippen MR) is 54.8 cm³/mol. The molecule has 1 rings (SSSR count). The Morgan fingerprint density at radius 1 is 1.46 bits per heavy atom. The number of H-pyrrole nitrogens is 1. The van der Waals surface area contributed by atoms with E-state index < -0.39 is 0 Å². The fraction of sp³-hybridized carbons (Fsp3) is 0.700. The monoisotopic (exact) mass is 181 g/mol. The molecule has 0 aromatic carbocycles. The van der Waals surface area contributed by atoms with Crippen LogP contribution in [0, 0.1) is 6.92 Å². The van der Waals surface area contributed by atoms with Crippen LogP contribution in [0.2, 0.25) is 0 Å². The second-order valence-electron chi connectivity index (χ2n) is 3.33. The van der Waals surface area contributed by atoms with Gasteiger partial charge in [-0.25, -0.2) is 4.98 Å². The number of imidazole rings is 1. The number of nitrogens with zero attached hydrogens (tertiary/aromatic N) is 1. The van der Waals surface area contributed by atoms with Gasteiger partial charge in [0.1, 0.15) is 5.82 Å². The minimum atomic E-state index is 1.01. The fourth-order valence-electron chi connectivity index (χ4n) is 1.29. The van der Waals surface area contributed by atoms with Gasteiger partial charge >= 0.3 is 0 Å². The van der Waals surface area contributed by atoms with Gasteiger partial charge < -0.3 is 10.3 Å². The summed E-state index contributed by atoms with van der Waals surface area (Å²) < 4.78 is 0. The molecule has 0 bridgehead atoms. The maximum absolute atomic E-state index is 4.35. The van der Waals surface area contributed by atoms with Gasteiger partial charge in [-0.3, -0.25) is 0 Å². The summed E-state index contributed by atoms with van der Waals surface area (Å²) in [5.74, 6) is 1.01. The van der Waals surface area contributed by atoms with Crippen molar-refractivity contribution < 1.29 is 0 Å².